The maximum atomic E-state index is 13.3. The summed E-state index contributed by atoms with van der Waals surface area (Å²) in [6.07, 6.45) is 7.71. The molecule has 2 aromatic heterocycles. The van der Waals surface area contributed by atoms with Crippen LogP contribution >= 0.6 is 0 Å². The molecule has 0 amide bonds. The highest BCUT2D eigenvalue weighted by Gasteiger charge is 2.21. The van der Waals surface area contributed by atoms with Gasteiger partial charge < -0.3 is 10.1 Å². The van der Waals surface area contributed by atoms with Gasteiger partial charge in [-0.25, -0.2) is 4.39 Å². The maximum absolute atomic E-state index is 13.3. The highest BCUT2D eigenvalue weighted by atomic mass is 19.1. The smallest absolute Gasteiger partial charge is 0.317 e. The van der Waals surface area contributed by atoms with Crippen molar-refractivity contribution in [1.29, 1.82) is 0 Å². The van der Waals surface area contributed by atoms with Crippen LogP contribution in [0, 0.1) is 11.7 Å². The van der Waals surface area contributed by atoms with E-state index < -0.39 is 5.97 Å². The number of halogens is 1. The van der Waals surface area contributed by atoms with Crippen molar-refractivity contribution in [1.82, 2.24) is 19.7 Å². The van der Waals surface area contributed by atoms with Crippen molar-refractivity contribution >= 4 is 16.9 Å². The largest absolute Gasteiger partial charge is 0.480 e. The molecule has 1 aliphatic heterocycles. The lowest BCUT2D eigenvalue weighted by atomic mass is 9.97. The van der Waals surface area contributed by atoms with Crippen molar-refractivity contribution in [2.75, 3.05) is 19.6 Å². The third-order valence-corrected chi connectivity index (χ3v) is 5.10. The second-order valence-corrected chi connectivity index (χ2v) is 6.96. The van der Waals surface area contributed by atoms with Crippen LogP contribution in [0.4, 0.5) is 4.39 Å². The summed E-state index contributed by atoms with van der Waals surface area (Å²) >= 11 is 0. The number of carboxylic acids is 1. The van der Waals surface area contributed by atoms with Gasteiger partial charge in [0.15, 0.2) is 0 Å². The lowest BCUT2D eigenvalue weighted by Crippen LogP contribution is -2.38. The Balaban J connectivity index is 0.00000210. The minimum atomic E-state index is -0.765. The van der Waals surface area contributed by atoms with Gasteiger partial charge in [-0.3, -0.25) is 14.4 Å². The normalized spacial score (nSPS) is 15.7. The molecule has 1 saturated heterocycles. The Morgan fingerprint density at radius 1 is 1.33 bits per heavy atom. The molecule has 3 aromatic rings. The van der Waals surface area contributed by atoms with Crippen LogP contribution < -0.4 is 0 Å². The van der Waals surface area contributed by atoms with Crippen molar-refractivity contribution in [3.8, 4) is 11.1 Å². The third kappa shape index (κ3) is 4.19. The van der Waals surface area contributed by atoms with Crippen molar-refractivity contribution in [3.05, 3.63) is 42.6 Å². The fourth-order valence-corrected chi connectivity index (χ4v) is 3.72. The number of aromatic nitrogens is 3. The van der Waals surface area contributed by atoms with Gasteiger partial charge in [-0.2, -0.15) is 5.10 Å². The molecular formula is C20H25FN4O2. The number of carboxylic acid groups (broad SMARTS) is 1. The minimum Gasteiger partial charge on any atom is -0.480 e. The molecule has 3 heterocycles. The van der Waals surface area contributed by atoms with E-state index in [0.29, 0.717) is 5.92 Å². The first-order chi connectivity index (χ1) is 12.6. The number of H-pyrrole nitrogens is 1. The van der Waals surface area contributed by atoms with Crippen molar-refractivity contribution in [2.24, 2.45) is 5.92 Å². The van der Waals surface area contributed by atoms with Gasteiger partial charge in [0, 0.05) is 41.0 Å². The molecule has 4 rings (SSSR count). The third-order valence-electron chi connectivity index (χ3n) is 5.10. The van der Waals surface area contributed by atoms with E-state index in [0.717, 1.165) is 54.5 Å². The molecule has 1 aliphatic rings. The number of hydrogen-bond acceptors (Lipinski definition) is 3. The molecular weight excluding hydrogens is 347 g/mol. The zero-order valence-corrected chi connectivity index (χ0v) is 14.4. The van der Waals surface area contributed by atoms with E-state index in [1.54, 1.807) is 6.07 Å². The zero-order chi connectivity index (χ0) is 18.1. The lowest BCUT2D eigenvalue weighted by Gasteiger charge is -2.30. The van der Waals surface area contributed by atoms with Crippen LogP contribution in [0.25, 0.3) is 22.0 Å². The zero-order valence-electron chi connectivity index (χ0n) is 14.4. The molecule has 2 N–H and O–H groups in total. The number of nitrogens with one attached hydrogen (secondary N) is 1. The van der Waals surface area contributed by atoms with Crippen molar-refractivity contribution in [2.45, 2.75) is 26.8 Å². The predicted molar refractivity (Wildman–Crippen MR) is 103 cm³/mol. The topological polar surface area (TPSA) is 74.2 Å². The average molecular weight is 372 g/mol. The Morgan fingerprint density at radius 3 is 2.85 bits per heavy atom. The van der Waals surface area contributed by atoms with Gasteiger partial charge in [-0.15, -0.1) is 0 Å². The first-order valence-electron chi connectivity index (χ1n) is 8.82. The number of rotatable bonds is 5. The molecule has 6 nitrogen and oxygen atoms in total. The first kappa shape index (κ1) is 19.1. The number of fused-ring (bicyclic) bond motifs is 1. The van der Waals surface area contributed by atoms with Gasteiger partial charge in [0.25, 0.3) is 0 Å². The molecule has 0 atom stereocenters. The minimum absolute atomic E-state index is 0. The van der Waals surface area contributed by atoms with Crippen LogP contribution in [0.3, 0.4) is 0 Å². The summed E-state index contributed by atoms with van der Waals surface area (Å²) in [5.41, 5.74) is 2.80. The second kappa shape index (κ2) is 7.92. The van der Waals surface area contributed by atoms with Crippen LogP contribution in [0.15, 0.2) is 36.8 Å². The van der Waals surface area contributed by atoms with Crippen LogP contribution in [0.1, 0.15) is 20.3 Å². The van der Waals surface area contributed by atoms with Crippen molar-refractivity contribution < 1.29 is 14.3 Å². The number of carbonyl (C=O) groups is 1. The van der Waals surface area contributed by atoms with Gasteiger partial charge >= 0.3 is 5.97 Å². The van der Waals surface area contributed by atoms with Crippen LogP contribution in [0.5, 0.6) is 0 Å². The van der Waals surface area contributed by atoms with E-state index in [4.69, 9.17) is 5.11 Å². The molecule has 0 saturated carbocycles. The van der Waals surface area contributed by atoms with E-state index in [1.165, 1.54) is 12.1 Å². The Morgan fingerprint density at radius 2 is 2.11 bits per heavy atom. The second-order valence-electron chi connectivity index (χ2n) is 6.96. The molecule has 7 heteroatoms. The summed E-state index contributed by atoms with van der Waals surface area (Å²) in [6.45, 7) is 2.59. The quantitative estimate of drug-likeness (QED) is 0.718. The van der Waals surface area contributed by atoms with E-state index in [9.17, 15) is 9.18 Å². The van der Waals surface area contributed by atoms with E-state index in [-0.39, 0.29) is 19.8 Å². The highest BCUT2D eigenvalue weighted by Crippen LogP contribution is 2.29. The number of aliphatic carboxylic acids is 1. The van der Waals surface area contributed by atoms with E-state index in [2.05, 4.69) is 10.1 Å². The lowest BCUT2D eigenvalue weighted by molar-refractivity contribution is -0.138. The Bertz CT molecular complexity index is 925. The average Bonchev–Trinajstić information content (AvgIpc) is 3.22. The number of likely N-dealkylation sites (tertiary alicyclic amines) is 1. The summed E-state index contributed by atoms with van der Waals surface area (Å²) in [5, 5.41) is 14.3. The van der Waals surface area contributed by atoms with Gasteiger partial charge in [-0.1, -0.05) is 7.43 Å². The summed E-state index contributed by atoms with van der Waals surface area (Å²) in [7, 11) is 0. The van der Waals surface area contributed by atoms with Crippen LogP contribution in [-0.2, 0) is 11.3 Å². The predicted octanol–water partition coefficient (Wildman–Crippen LogP) is 3.60. The number of nitrogens with zero attached hydrogens (tertiary/aromatic N) is 3. The number of benzene rings is 1. The molecule has 0 radical (unpaired) electrons. The molecule has 144 valence electrons. The first-order valence-corrected chi connectivity index (χ1v) is 8.82. The van der Waals surface area contributed by atoms with E-state index >= 15 is 0 Å². The number of piperidine rings is 1. The van der Waals surface area contributed by atoms with Gasteiger partial charge in [-0.05, 0) is 50.0 Å². The summed E-state index contributed by atoms with van der Waals surface area (Å²) in [6, 6.07) is 4.75. The molecule has 0 spiro atoms. The van der Waals surface area contributed by atoms with Crippen LogP contribution in [0.2, 0.25) is 0 Å². The number of aromatic amines is 1. The molecule has 27 heavy (non-hydrogen) atoms. The highest BCUT2D eigenvalue weighted by molar-refractivity contribution is 5.95. The maximum Gasteiger partial charge on any atom is 0.317 e. The summed E-state index contributed by atoms with van der Waals surface area (Å²) in [5.74, 6) is -0.514. The Kier molecular flexibility index (Phi) is 5.60. The molecule has 1 aromatic carbocycles. The van der Waals surface area contributed by atoms with Gasteiger partial charge in [0.1, 0.15) is 5.82 Å². The van der Waals surface area contributed by atoms with Gasteiger partial charge in [0.2, 0.25) is 0 Å². The van der Waals surface area contributed by atoms with E-state index in [1.807, 2.05) is 28.2 Å². The molecule has 1 fully saturated rings. The summed E-state index contributed by atoms with van der Waals surface area (Å²) < 4.78 is 15.3. The SMILES string of the molecule is C.O=C(O)CN1CCC(Cn2cc(-c3c[nH]c4cc(F)ccc34)cn2)CC1. The fraction of sp³-hybridized carbons (Fsp3) is 0.400. The molecule has 0 unspecified atom stereocenters. The molecule has 0 aliphatic carbocycles. The Labute approximate surface area is 157 Å². The standard InChI is InChI=1S/C19H21FN4O2.CH4/c20-15-1-2-16-17(9-21-18(16)7-15)14-8-22-24(11-14)10-13-3-5-23(6-4-13)12-19(25)26;/h1-2,7-9,11,13,21H,3-6,10,12H2,(H,25,26);1H4. The fourth-order valence-electron chi connectivity index (χ4n) is 3.72. The monoisotopic (exact) mass is 372 g/mol. The van der Waals surface area contributed by atoms with Crippen LogP contribution in [-0.4, -0.2) is 50.4 Å². The number of hydrogen-bond donors (Lipinski definition) is 2. The van der Waals surface area contributed by atoms with Crippen molar-refractivity contribution in [3.63, 3.8) is 0 Å². The molecule has 0 bridgehead atoms. The van der Waals surface area contributed by atoms with Gasteiger partial charge in [0.05, 0.1) is 12.7 Å². The summed E-state index contributed by atoms with van der Waals surface area (Å²) in [4.78, 5) is 15.9. The Hall–Kier alpha value is -2.67.